The smallest absolute Gasteiger partial charge is 0.363 e. The predicted octanol–water partition coefficient (Wildman–Crippen LogP) is 2.10. The second-order valence-corrected chi connectivity index (χ2v) is 9.19. The van der Waals surface area contributed by atoms with Crippen molar-refractivity contribution in [3.63, 3.8) is 0 Å². The molecule has 0 radical (unpaired) electrons. The predicted molar refractivity (Wildman–Crippen MR) is 101 cm³/mol. The number of halogens is 3. The number of nitrogens with one attached hydrogen (secondary N) is 2. The van der Waals surface area contributed by atoms with Crippen LogP contribution >= 0.6 is 0 Å². The molecule has 2 saturated heterocycles. The fourth-order valence-electron chi connectivity index (χ4n) is 5.37. The van der Waals surface area contributed by atoms with Crippen LogP contribution in [0.4, 0.5) is 23.8 Å². The van der Waals surface area contributed by atoms with Crippen molar-refractivity contribution in [2.24, 2.45) is 11.3 Å². The van der Waals surface area contributed by atoms with Gasteiger partial charge in [0.25, 0.3) is 0 Å². The maximum absolute atomic E-state index is 12.8. The number of anilines is 1. The first-order chi connectivity index (χ1) is 14.8. The van der Waals surface area contributed by atoms with Gasteiger partial charge in [-0.25, -0.2) is 19.7 Å². The van der Waals surface area contributed by atoms with E-state index < -0.39 is 11.9 Å². The largest absolute Gasteiger partial charge is 0.434 e. The van der Waals surface area contributed by atoms with E-state index in [0.29, 0.717) is 24.8 Å². The number of alkyl halides is 3. The van der Waals surface area contributed by atoms with E-state index >= 15 is 0 Å². The Morgan fingerprint density at radius 3 is 2.58 bits per heavy atom. The van der Waals surface area contributed by atoms with Crippen molar-refractivity contribution >= 4 is 11.8 Å². The third-order valence-corrected chi connectivity index (χ3v) is 7.46. The van der Waals surface area contributed by atoms with Crippen molar-refractivity contribution in [1.82, 2.24) is 34.9 Å². The molecular weight excluding hydrogens is 413 g/mol. The van der Waals surface area contributed by atoms with Crippen LogP contribution in [0.25, 0.3) is 0 Å². The highest BCUT2D eigenvalue weighted by Crippen LogP contribution is 2.83. The number of amides is 2. The third kappa shape index (κ3) is 2.87. The third-order valence-electron chi connectivity index (χ3n) is 7.46. The monoisotopic (exact) mass is 434 g/mol. The van der Waals surface area contributed by atoms with Crippen molar-refractivity contribution in [2.45, 2.75) is 36.9 Å². The van der Waals surface area contributed by atoms with Gasteiger partial charge < -0.3 is 15.1 Å². The standard InChI is InChI=1S/C19H21F3N8O/c20-19(21,22)13-3-24-14(4-23-13)27-18-8-17(18,9-18)12-6-30(7-12)16(31)29-2-1-11(5-29)15-25-10-26-28-15/h3-4,10-12H,1-2,5-9H2,(H,24,27)(H,25,26,28). The second-order valence-electron chi connectivity index (χ2n) is 9.19. The fourth-order valence-corrected chi connectivity index (χ4v) is 5.37. The van der Waals surface area contributed by atoms with Gasteiger partial charge in [-0.2, -0.15) is 18.3 Å². The van der Waals surface area contributed by atoms with Gasteiger partial charge in [-0.05, 0) is 19.3 Å². The van der Waals surface area contributed by atoms with Crippen LogP contribution < -0.4 is 5.32 Å². The van der Waals surface area contributed by atoms with Crippen LogP contribution in [0.15, 0.2) is 18.7 Å². The molecule has 0 spiro atoms. The number of hydrogen-bond donors (Lipinski definition) is 2. The average Bonchev–Trinajstić information content (AvgIpc) is 3.22. The summed E-state index contributed by atoms with van der Waals surface area (Å²) in [5.74, 6) is 1.82. The summed E-state index contributed by atoms with van der Waals surface area (Å²) in [7, 11) is 0. The van der Waals surface area contributed by atoms with E-state index in [-0.39, 0.29) is 22.9 Å². The van der Waals surface area contributed by atoms with Crippen LogP contribution in [0.1, 0.15) is 36.7 Å². The van der Waals surface area contributed by atoms with E-state index in [1.165, 1.54) is 6.33 Å². The maximum atomic E-state index is 12.8. The molecule has 1 atom stereocenters. The molecule has 1 unspecified atom stereocenters. The van der Waals surface area contributed by atoms with Crippen molar-refractivity contribution in [3.8, 4) is 0 Å². The fraction of sp³-hybridized carbons (Fsp3) is 0.632. The summed E-state index contributed by atoms with van der Waals surface area (Å²) >= 11 is 0. The first-order valence-corrected chi connectivity index (χ1v) is 10.4. The van der Waals surface area contributed by atoms with E-state index in [0.717, 1.165) is 50.6 Å². The molecule has 31 heavy (non-hydrogen) atoms. The van der Waals surface area contributed by atoms with Crippen LogP contribution in [0.3, 0.4) is 0 Å². The summed E-state index contributed by atoms with van der Waals surface area (Å²) in [5, 5.41) is 10.1. The number of likely N-dealkylation sites (tertiary alicyclic amines) is 2. The number of H-pyrrole nitrogens is 1. The number of fused-ring (bicyclic) bond motifs is 1. The van der Waals surface area contributed by atoms with Crippen molar-refractivity contribution in [1.29, 1.82) is 0 Å². The molecule has 2 saturated carbocycles. The lowest BCUT2D eigenvalue weighted by Gasteiger charge is -2.42. The summed E-state index contributed by atoms with van der Waals surface area (Å²) in [4.78, 5) is 28.1. The Hall–Kier alpha value is -2.92. The number of aromatic nitrogens is 5. The molecule has 4 aliphatic rings. The van der Waals surface area contributed by atoms with Crippen LogP contribution in [0.2, 0.25) is 0 Å². The second kappa shape index (κ2) is 6.07. The minimum atomic E-state index is -4.49. The zero-order valence-electron chi connectivity index (χ0n) is 16.6. The van der Waals surface area contributed by atoms with Gasteiger partial charge in [0.15, 0.2) is 5.69 Å². The molecule has 6 rings (SSSR count). The minimum absolute atomic E-state index is 0.0723. The van der Waals surface area contributed by atoms with Crippen LogP contribution in [0.5, 0.6) is 0 Å². The topological polar surface area (TPSA) is 103 Å². The zero-order valence-corrected chi connectivity index (χ0v) is 16.6. The Morgan fingerprint density at radius 1 is 1.13 bits per heavy atom. The van der Waals surface area contributed by atoms with Gasteiger partial charge in [-0.15, -0.1) is 0 Å². The summed E-state index contributed by atoms with van der Waals surface area (Å²) in [6, 6.07) is 0.0723. The van der Waals surface area contributed by atoms with E-state index in [1.807, 2.05) is 9.80 Å². The summed E-state index contributed by atoms with van der Waals surface area (Å²) < 4.78 is 37.9. The number of hydrogen-bond acceptors (Lipinski definition) is 6. The number of carbonyl (C=O) groups is 1. The SMILES string of the molecule is O=C(N1CCC(c2ncn[nH]2)C1)N1CC(C23CC2(Nc2cnc(C(F)(F)F)cn2)C3)C1. The van der Waals surface area contributed by atoms with Crippen LogP contribution in [0, 0.1) is 11.3 Å². The first kappa shape index (κ1) is 18.8. The van der Waals surface area contributed by atoms with Crippen molar-refractivity contribution < 1.29 is 18.0 Å². The van der Waals surface area contributed by atoms with Gasteiger partial charge in [0.2, 0.25) is 0 Å². The number of aromatic amines is 1. The molecule has 4 heterocycles. The molecular formula is C19H21F3N8O. The molecule has 2 aliphatic carbocycles. The molecule has 2 N–H and O–H groups in total. The van der Waals surface area contributed by atoms with E-state index in [1.54, 1.807) is 0 Å². The number of urea groups is 1. The van der Waals surface area contributed by atoms with Crippen LogP contribution in [-0.2, 0) is 6.18 Å². The summed E-state index contributed by atoms with van der Waals surface area (Å²) in [6.45, 7) is 2.82. The molecule has 12 heteroatoms. The van der Waals surface area contributed by atoms with Crippen molar-refractivity contribution in [3.05, 3.63) is 30.2 Å². The Labute approximate surface area is 175 Å². The molecule has 0 bridgehead atoms. The Kier molecular flexibility index (Phi) is 3.69. The Morgan fingerprint density at radius 2 is 1.94 bits per heavy atom. The van der Waals surface area contributed by atoms with Gasteiger partial charge in [0.05, 0.1) is 12.4 Å². The van der Waals surface area contributed by atoms with Crippen LogP contribution in [-0.4, -0.2) is 72.7 Å². The lowest BCUT2D eigenvalue weighted by Crippen LogP contribution is -2.56. The van der Waals surface area contributed by atoms with E-state index in [9.17, 15) is 18.0 Å². The highest BCUT2D eigenvalue weighted by Gasteiger charge is 2.86. The van der Waals surface area contributed by atoms with Crippen molar-refractivity contribution in [2.75, 3.05) is 31.5 Å². The van der Waals surface area contributed by atoms with Gasteiger partial charge in [0, 0.05) is 49.0 Å². The van der Waals surface area contributed by atoms with E-state index in [4.69, 9.17) is 0 Å². The Balaban J connectivity index is 1.01. The minimum Gasteiger partial charge on any atom is -0.363 e. The average molecular weight is 434 g/mol. The zero-order chi connectivity index (χ0) is 21.4. The quantitative estimate of drug-likeness (QED) is 0.764. The molecule has 2 aromatic heterocycles. The molecule has 164 valence electrons. The molecule has 9 nitrogen and oxygen atoms in total. The lowest BCUT2D eigenvalue weighted by atomic mass is 9.89. The van der Waals surface area contributed by atoms with Gasteiger partial charge in [0.1, 0.15) is 18.0 Å². The van der Waals surface area contributed by atoms with Gasteiger partial charge in [-0.1, -0.05) is 0 Å². The number of carbonyl (C=O) groups excluding carboxylic acids is 1. The van der Waals surface area contributed by atoms with E-state index in [2.05, 4.69) is 30.5 Å². The normalized spacial score (nSPS) is 31.9. The summed E-state index contributed by atoms with van der Waals surface area (Å²) in [6.07, 6.45) is 1.72. The number of rotatable bonds is 4. The molecule has 2 amide bonds. The Bertz CT molecular complexity index is 996. The molecule has 2 aromatic rings. The van der Waals surface area contributed by atoms with Gasteiger partial charge in [-0.3, -0.25) is 5.10 Å². The van der Waals surface area contributed by atoms with Gasteiger partial charge >= 0.3 is 12.2 Å². The molecule has 4 fully saturated rings. The first-order valence-electron chi connectivity index (χ1n) is 10.4. The number of nitrogens with zero attached hydrogens (tertiary/aromatic N) is 6. The highest BCUT2D eigenvalue weighted by atomic mass is 19.4. The lowest BCUT2D eigenvalue weighted by molar-refractivity contribution is -0.141. The maximum Gasteiger partial charge on any atom is 0.434 e. The molecule has 2 aliphatic heterocycles. The summed E-state index contributed by atoms with van der Waals surface area (Å²) in [5.41, 5.74) is -0.942. The molecule has 0 aromatic carbocycles. The highest BCUT2D eigenvalue weighted by molar-refractivity contribution is 5.76.